The lowest BCUT2D eigenvalue weighted by molar-refractivity contribution is -0.197. The molecule has 0 bridgehead atoms. The number of nitrogens with one attached hydrogen (secondary N) is 1. The Morgan fingerprint density at radius 1 is 1.11 bits per heavy atom. The van der Waals surface area contributed by atoms with Crippen molar-refractivity contribution in [1.29, 1.82) is 0 Å². The lowest BCUT2D eigenvalue weighted by Gasteiger charge is -2.24. The summed E-state index contributed by atoms with van der Waals surface area (Å²) >= 11 is 0. The van der Waals surface area contributed by atoms with Gasteiger partial charge in [-0.1, -0.05) is 30.3 Å². The zero-order valence-corrected chi connectivity index (χ0v) is 16.4. The van der Waals surface area contributed by atoms with Gasteiger partial charge in [-0.3, -0.25) is 9.59 Å². The number of alkyl carbamates (subject to hydrolysis) is 1. The number of carbonyl (C=O) groups excluding carboxylic acids is 4. The quantitative estimate of drug-likeness (QED) is 0.718. The number of rotatable bonds is 7. The summed E-state index contributed by atoms with van der Waals surface area (Å²) in [7, 11) is 0. The van der Waals surface area contributed by atoms with Gasteiger partial charge in [0.05, 0.1) is 0 Å². The van der Waals surface area contributed by atoms with Gasteiger partial charge >= 0.3 is 12.1 Å². The van der Waals surface area contributed by atoms with E-state index in [1.165, 1.54) is 0 Å². The van der Waals surface area contributed by atoms with Crippen molar-refractivity contribution in [2.45, 2.75) is 64.5 Å². The van der Waals surface area contributed by atoms with E-state index in [0.29, 0.717) is 11.5 Å². The van der Waals surface area contributed by atoms with Gasteiger partial charge in [-0.05, 0) is 39.2 Å². The molecule has 0 aliphatic carbocycles. The van der Waals surface area contributed by atoms with Crippen LogP contribution in [0.3, 0.4) is 0 Å². The van der Waals surface area contributed by atoms with Crippen LogP contribution in [-0.2, 0) is 30.4 Å². The first-order chi connectivity index (χ1) is 13.1. The van der Waals surface area contributed by atoms with E-state index < -0.39 is 29.5 Å². The Kier molecular flexibility index (Phi) is 7.14. The topological polar surface area (TPSA) is 102 Å². The third-order valence-corrected chi connectivity index (χ3v) is 3.94. The SMILES string of the molecule is CC(C)(C)OC(=O)NC(CCC(=O)ON1C(=O)CCC1=O)Cc1ccccc1. The highest BCUT2D eigenvalue weighted by atomic mass is 16.7. The lowest BCUT2D eigenvalue weighted by atomic mass is 10.0. The Morgan fingerprint density at radius 3 is 2.29 bits per heavy atom. The monoisotopic (exact) mass is 390 g/mol. The third kappa shape index (κ3) is 7.02. The highest BCUT2D eigenvalue weighted by Gasteiger charge is 2.33. The fourth-order valence-corrected chi connectivity index (χ4v) is 2.70. The zero-order valence-electron chi connectivity index (χ0n) is 16.4. The molecule has 1 fully saturated rings. The molecule has 0 radical (unpaired) electrons. The van der Waals surface area contributed by atoms with E-state index in [1.807, 2.05) is 30.3 Å². The van der Waals surface area contributed by atoms with Crippen molar-refractivity contribution in [2.24, 2.45) is 0 Å². The highest BCUT2D eigenvalue weighted by Crippen LogP contribution is 2.15. The Labute approximate surface area is 164 Å². The molecule has 2 rings (SSSR count). The van der Waals surface area contributed by atoms with Crippen molar-refractivity contribution in [3.63, 3.8) is 0 Å². The molecular weight excluding hydrogens is 364 g/mol. The maximum absolute atomic E-state index is 12.1. The zero-order chi connectivity index (χ0) is 20.7. The van der Waals surface area contributed by atoms with Gasteiger partial charge in [-0.25, -0.2) is 9.59 Å². The molecule has 0 saturated carbocycles. The molecule has 0 aromatic heterocycles. The van der Waals surface area contributed by atoms with E-state index in [2.05, 4.69) is 5.32 Å². The molecule has 3 amide bonds. The molecule has 1 aliphatic rings. The summed E-state index contributed by atoms with van der Waals surface area (Å²) < 4.78 is 5.28. The number of nitrogens with zero attached hydrogens (tertiary/aromatic N) is 1. The molecule has 1 aromatic rings. The first-order valence-corrected chi connectivity index (χ1v) is 9.24. The van der Waals surface area contributed by atoms with Crippen molar-refractivity contribution in [1.82, 2.24) is 10.4 Å². The van der Waals surface area contributed by atoms with Crippen molar-refractivity contribution in [2.75, 3.05) is 0 Å². The van der Waals surface area contributed by atoms with Crippen LogP contribution in [0.4, 0.5) is 4.79 Å². The van der Waals surface area contributed by atoms with Crippen LogP contribution in [0.25, 0.3) is 0 Å². The average molecular weight is 390 g/mol. The number of ether oxygens (including phenoxy) is 1. The van der Waals surface area contributed by atoms with Gasteiger partial charge in [0.25, 0.3) is 11.8 Å². The molecular formula is C20H26N2O6. The number of hydroxylamine groups is 2. The standard InChI is InChI=1S/C20H26N2O6/c1-20(2,3)27-19(26)21-15(13-14-7-5-4-6-8-14)9-12-18(25)28-22-16(23)10-11-17(22)24/h4-8,15H,9-13H2,1-3H3,(H,21,26). The Bertz CT molecular complexity index is 710. The minimum absolute atomic E-state index is 0.0446. The fourth-order valence-electron chi connectivity index (χ4n) is 2.70. The predicted molar refractivity (Wildman–Crippen MR) is 99.7 cm³/mol. The van der Waals surface area contributed by atoms with E-state index >= 15 is 0 Å². The highest BCUT2D eigenvalue weighted by molar-refractivity contribution is 6.01. The fraction of sp³-hybridized carbons (Fsp3) is 0.500. The summed E-state index contributed by atoms with van der Waals surface area (Å²) in [5.74, 6) is -1.75. The second kappa shape index (κ2) is 9.34. The van der Waals surface area contributed by atoms with E-state index in [1.54, 1.807) is 20.8 Å². The van der Waals surface area contributed by atoms with Gasteiger partial charge in [-0.15, -0.1) is 5.06 Å². The lowest BCUT2D eigenvalue weighted by Crippen LogP contribution is -2.41. The summed E-state index contributed by atoms with van der Waals surface area (Å²) in [6.45, 7) is 5.29. The van der Waals surface area contributed by atoms with E-state index in [4.69, 9.17) is 9.57 Å². The summed E-state index contributed by atoms with van der Waals surface area (Å²) in [4.78, 5) is 52.1. The summed E-state index contributed by atoms with van der Waals surface area (Å²) in [5, 5.41) is 3.30. The average Bonchev–Trinajstić information content (AvgIpc) is 2.91. The van der Waals surface area contributed by atoms with Crippen molar-refractivity contribution in [3.05, 3.63) is 35.9 Å². The first kappa shape index (κ1) is 21.4. The van der Waals surface area contributed by atoms with Crippen LogP contribution in [0, 0.1) is 0 Å². The van der Waals surface area contributed by atoms with Crippen molar-refractivity contribution >= 4 is 23.9 Å². The van der Waals surface area contributed by atoms with Gasteiger partial charge in [0.1, 0.15) is 5.60 Å². The van der Waals surface area contributed by atoms with Gasteiger partial charge in [0.15, 0.2) is 0 Å². The molecule has 8 heteroatoms. The molecule has 1 aliphatic heterocycles. The summed E-state index contributed by atoms with van der Waals surface area (Å²) in [6, 6.07) is 9.13. The summed E-state index contributed by atoms with van der Waals surface area (Å²) in [5.41, 5.74) is 0.346. The normalized spacial score (nSPS) is 15.3. The third-order valence-electron chi connectivity index (χ3n) is 3.94. The van der Waals surface area contributed by atoms with E-state index in [0.717, 1.165) is 5.56 Å². The van der Waals surface area contributed by atoms with Crippen LogP contribution in [0.1, 0.15) is 52.0 Å². The van der Waals surface area contributed by atoms with Crippen LogP contribution < -0.4 is 5.32 Å². The largest absolute Gasteiger partial charge is 0.444 e. The van der Waals surface area contributed by atoms with Gasteiger partial charge < -0.3 is 14.9 Å². The molecule has 8 nitrogen and oxygen atoms in total. The number of benzene rings is 1. The molecule has 1 N–H and O–H groups in total. The minimum Gasteiger partial charge on any atom is -0.444 e. The van der Waals surface area contributed by atoms with Gasteiger partial charge in [0, 0.05) is 25.3 Å². The van der Waals surface area contributed by atoms with Crippen LogP contribution in [-0.4, -0.2) is 40.6 Å². The first-order valence-electron chi connectivity index (χ1n) is 9.24. The number of carbonyl (C=O) groups is 4. The number of amides is 3. The minimum atomic E-state index is -0.701. The maximum atomic E-state index is 12.1. The number of hydrogen-bond donors (Lipinski definition) is 1. The number of imide groups is 1. The van der Waals surface area contributed by atoms with Crippen LogP contribution >= 0.6 is 0 Å². The second-order valence-electron chi connectivity index (χ2n) is 7.62. The Hall–Kier alpha value is -2.90. The van der Waals surface area contributed by atoms with E-state index in [9.17, 15) is 19.2 Å². The second-order valence-corrected chi connectivity index (χ2v) is 7.62. The number of hydrogen-bond acceptors (Lipinski definition) is 6. The van der Waals surface area contributed by atoms with Crippen molar-refractivity contribution < 1.29 is 28.8 Å². The molecule has 1 saturated heterocycles. The van der Waals surface area contributed by atoms with E-state index in [-0.39, 0.29) is 31.7 Å². The van der Waals surface area contributed by atoms with Crippen molar-refractivity contribution in [3.8, 4) is 0 Å². The molecule has 28 heavy (non-hydrogen) atoms. The molecule has 1 unspecified atom stereocenters. The predicted octanol–water partition coefficient (Wildman–Crippen LogP) is 2.51. The molecule has 152 valence electrons. The molecule has 1 atom stereocenters. The summed E-state index contributed by atoms with van der Waals surface area (Å²) in [6.07, 6.45) is 0.209. The van der Waals surface area contributed by atoms with Crippen LogP contribution in [0.15, 0.2) is 30.3 Å². The van der Waals surface area contributed by atoms with Crippen LogP contribution in [0.2, 0.25) is 0 Å². The maximum Gasteiger partial charge on any atom is 0.407 e. The molecule has 1 heterocycles. The molecule has 0 spiro atoms. The Morgan fingerprint density at radius 2 is 1.71 bits per heavy atom. The molecule has 1 aromatic carbocycles. The van der Waals surface area contributed by atoms with Gasteiger partial charge in [0.2, 0.25) is 0 Å². The Balaban J connectivity index is 1.94. The van der Waals surface area contributed by atoms with Gasteiger partial charge in [-0.2, -0.15) is 0 Å². The smallest absolute Gasteiger partial charge is 0.407 e. The van der Waals surface area contributed by atoms with Crippen LogP contribution in [0.5, 0.6) is 0 Å².